The van der Waals surface area contributed by atoms with E-state index < -0.39 is 17.7 Å². The summed E-state index contributed by atoms with van der Waals surface area (Å²) >= 11 is 12.2. The maximum absolute atomic E-state index is 12.7. The summed E-state index contributed by atoms with van der Waals surface area (Å²) in [4.78, 5) is 19.9. The van der Waals surface area contributed by atoms with Crippen LogP contribution in [0, 0.1) is 19.3 Å². The molecule has 0 saturated carbocycles. The molecule has 1 aromatic heterocycles. The molecule has 2 heterocycles. The number of nitrogens with zero attached hydrogens (tertiary/aromatic N) is 2. The Morgan fingerprint density at radius 1 is 1.00 bits per heavy atom. The molecule has 6 nitrogen and oxygen atoms in total. The van der Waals surface area contributed by atoms with Crippen molar-refractivity contribution in [3.8, 4) is 11.1 Å². The lowest BCUT2D eigenvalue weighted by atomic mass is 9.81. The minimum absolute atomic E-state index is 0.244. The molecule has 0 aliphatic carbocycles. The topological polar surface area (TPSA) is 74.7 Å². The molecule has 1 fully saturated rings. The van der Waals surface area contributed by atoms with Gasteiger partial charge in [-0.25, -0.2) is 4.79 Å². The van der Waals surface area contributed by atoms with Gasteiger partial charge in [0.25, 0.3) is 0 Å². The Morgan fingerprint density at radius 2 is 1.60 bits per heavy atom. The lowest BCUT2D eigenvalue weighted by molar-refractivity contribution is -0.160. The fraction of sp³-hybridized carbons (Fsp3) is 0.471. The third kappa shape index (κ3) is 7.84. The number of rotatable bonds is 9. The third-order valence-corrected chi connectivity index (χ3v) is 8.59. The van der Waals surface area contributed by atoms with Crippen LogP contribution in [0.25, 0.3) is 11.1 Å². The van der Waals surface area contributed by atoms with E-state index in [1.807, 2.05) is 52.8 Å². The Morgan fingerprint density at radius 3 is 2.17 bits per heavy atom. The Labute approximate surface area is 260 Å². The van der Waals surface area contributed by atoms with Gasteiger partial charge in [0.1, 0.15) is 0 Å². The molecule has 0 amide bonds. The second-order valence-corrected chi connectivity index (χ2v) is 13.9. The second-order valence-electron chi connectivity index (χ2n) is 13.1. The first kappa shape index (κ1) is 32.3. The van der Waals surface area contributed by atoms with Gasteiger partial charge < -0.3 is 20.1 Å². The summed E-state index contributed by atoms with van der Waals surface area (Å²) in [5.41, 5.74) is 6.91. The average molecular weight is 613 g/mol. The van der Waals surface area contributed by atoms with Crippen LogP contribution >= 0.6 is 23.2 Å². The van der Waals surface area contributed by atoms with Crippen LogP contribution < -0.4 is 10.2 Å². The number of carboxylic acid groups (broad SMARTS) is 1. The first-order valence-corrected chi connectivity index (χ1v) is 15.3. The van der Waals surface area contributed by atoms with Crippen molar-refractivity contribution < 1.29 is 14.6 Å². The summed E-state index contributed by atoms with van der Waals surface area (Å²) < 4.78 is 6.19. The molecule has 0 spiro atoms. The standard InChI is InChI=1S/C34H43Cl2N3O3/c1-21-28(25-11-8-23(9-12-25)19-37-20-24-10-13-26(35)27(36)18-24)30(39-16-14-34(6,7)15-17-39)29(22(2)38-21)31(32(40)41)42-33(3,4)5/h8-13,18,31,37H,14-17,19-20H2,1-7H3,(H,40,41). The number of halogens is 2. The molecule has 1 aliphatic heterocycles. The zero-order chi connectivity index (χ0) is 30.8. The van der Waals surface area contributed by atoms with Crippen LogP contribution in [0.5, 0.6) is 0 Å². The van der Waals surface area contributed by atoms with Crippen molar-refractivity contribution in [3.63, 3.8) is 0 Å². The second kappa shape index (κ2) is 12.9. The van der Waals surface area contributed by atoms with E-state index in [4.69, 9.17) is 32.9 Å². The van der Waals surface area contributed by atoms with Crippen LogP contribution in [0.15, 0.2) is 42.5 Å². The maximum atomic E-state index is 12.7. The number of ether oxygens (including phenoxy) is 1. The molecule has 4 rings (SSSR count). The molecule has 42 heavy (non-hydrogen) atoms. The van der Waals surface area contributed by atoms with Gasteiger partial charge in [0.05, 0.1) is 21.3 Å². The van der Waals surface area contributed by atoms with E-state index >= 15 is 0 Å². The molecule has 2 aromatic carbocycles. The number of nitrogens with one attached hydrogen (secondary N) is 1. The van der Waals surface area contributed by atoms with E-state index in [2.05, 4.69) is 48.3 Å². The van der Waals surface area contributed by atoms with E-state index in [1.165, 1.54) is 0 Å². The van der Waals surface area contributed by atoms with Gasteiger partial charge in [-0.15, -0.1) is 0 Å². The fourth-order valence-electron chi connectivity index (χ4n) is 5.55. The molecule has 0 radical (unpaired) electrons. The number of carbonyl (C=O) groups is 1. The van der Waals surface area contributed by atoms with Gasteiger partial charge in [-0.05, 0) is 81.7 Å². The van der Waals surface area contributed by atoms with Crippen molar-refractivity contribution in [2.45, 2.75) is 86.1 Å². The zero-order valence-electron chi connectivity index (χ0n) is 25.8. The summed E-state index contributed by atoms with van der Waals surface area (Å²) in [6, 6.07) is 14.1. The molecule has 1 atom stereocenters. The van der Waals surface area contributed by atoms with Crippen LogP contribution in [0.3, 0.4) is 0 Å². The molecule has 226 valence electrons. The number of anilines is 1. The van der Waals surface area contributed by atoms with Crippen molar-refractivity contribution >= 4 is 34.9 Å². The van der Waals surface area contributed by atoms with Crippen molar-refractivity contribution in [2.24, 2.45) is 5.41 Å². The van der Waals surface area contributed by atoms with E-state index in [0.717, 1.165) is 59.6 Å². The van der Waals surface area contributed by atoms with E-state index in [0.29, 0.717) is 34.4 Å². The van der Waals surface area contributed by atoms with E-state index in [9.17, 15) is 9.90 Å². The quantitative estimate of drug-likeness (QED) is 0.252. The normalized spacial score (nSPS) is 16.0. The van der Waals surface area contributed by atoms with Gasteiger partial charge in [-0.2, -0.15) is 0 Å². The number of hydrogen-bond donors (Lipinski definition) is 2. The first-order chi connectivity index (χ1) is 19.6. The number of aromatic nitrogens is 1. The molecular formula is C34H43Cl2N3O3. The van der Waals surface area contributed by atoms with Gasteiger partial charge in [0, 0.05) is 48.7 Å². The van der Waals surface area contributed by atoms with Crippen LogP contribution in [0.1, 0.15) is 81.6 Å². The molecule has 3 aromatic rings. The third-order valence-electron chi connectivity index (χ3n) is 7.85. The number of piperidine rings is 1. The number of carboxylic acids is 1. The summed E-state index contributed by atoms with van der Waals surface area (Å²) in [5, 5.41) is 15.0. The van der Waals surface area contributed by atoms with Crippen LogP contribution in [0.2, 0.25) is 10.0 Å². The lowest BCUT2D eigenvalue weighted by Crippen LogP contribution is -2.39. The summed E-state index contributed by atoms with van der Waals surface area (Å²) in [7, 11) is 0. The van der Waals surface area contributed by atoms with E-state index in [-0.39, 0.29) is 5.41 Å². The maximum Gasteiger partial charge on any atom is 0.337 e. The minimum Gasteiger partial charge on any atom is -0.479 e. The van der Waals surface area contributed by atoms with Crippen LogP contribution in [-0.4, -0.2) is 34.8 Å². The monoisotopic (exact) mass is 611 g/mol. The number of pyridine rings is 1. The summed E-state index contributed by atoms with van der Waals surface area (Å²) in [6.07, 6.45) is 0.910. The highest BCUT2D eigenvalue weighted by Crippen LogP contribution is 2.44. The largest absolute Gasteiger partial charge is 0.479 e. The summed E-state index contributed by atoms with van der Waals surface area (Å²) in [6.45, 7) is 17.2. The van der Waals surface area contributed by atoms with Gasteiger partial charge in [-0.1, -0.05) is 67.4 Å². The Kier molecular flexibility index (Phi) is 9.93. The number of aliphatic carboxylic acids is 1. The Bertz CT molecular complexity index is 1420. The molecule has 2 N–H and O–H groups in total. The van der Waals surface area contributed by atoms with Gasteiger partial charge in [-0.3, -0.25) is 4.98 Å². The Hall–Kier alpha value is -2.64. The predicted octanol–water partition coefficient (Wildman–Crippen LogP) is 8.53. The minimum atomic E-state index is -1.13. The predicted molar refractivity (Wildman–Crippen MR) is 173 cm³/mol. The van der Waals surface area contributed by atoms with E-state index in [1.54, 1.807) is 0 Å². The van der Waals surface area contributed by atoms with Gasteiger partial charge in [0.2, 0.25) is 0 Å². The van der Waals surface area contributed by atoms with Crippen molar-refractivity contribution in [1.82, 2.24) is 10.3 Å². The number of hydrogen-bond acceptors (Lipinski definition) is 5. The van der Waals surface area contributed by atoms with Crippen molar-refractivity contribution in [3.05, 3.63) is 80.6 Å². The molecular weight excluding hydrogens is 569 g/mol. The molecule has 8 heteroatoms. The molecule has 1 aliphatic rings. The lowest BCUT2D eigenvalue weighted by Gasteiger charge is -2.41. The highest BCUT2D eigenvalue weighted by Gasteiger charge is 2.36. The van der Waals surface area contributed by atoms with Crippen LogP contribution in [0.4, 0.5) is 5.69 Å². The molecule has 1 saturated heterocycles. The molecule has 0 bridgehead atoms. The van der Waals surface area contributed by atoms with Gasteiger partial charge >= 0.3 is 5.97 Å². The molecule has 1 unspecified atom stereocenters. The highest BCUT2D eigenvalue weighted by atomic mass is 35.5. The zero-order valence-corrected chi connectivity index (χ0v) is 27.3. The van der Waals surface area contributed by atoms with Crippen molar-refractivity contribution in [2.75, 3.05) is 18.0 Å². The van der Waals surface area contributed by atoms with Crippen molar-refractivity contribution in [1.29, 1.82) is 0 Å². The number of aryl methyl sites for hydroxylation is 2. The van der Waals surface area contributed by atoms with Gasteiger partial charge in [0.15, 0.2) is 6.10 Å². The average Bonchev–Trinajstić information content (AvgIpc) is 2.89. The SMILES string of the molecule is Cc1nc(C)c(C(OC(C)(C)C)C(=O)O)c(N2CCC(C)(C)CC2)c1-c1ccc(CNCc2ccc(Cl)c(Cl)c2)cc1. The highest BCUT2D eigenvalue weighted by molar-refractivity contribution is 6.42. The van der Waals surface area contributed by atoms with Crippen LogP contribution in [-0.2, 0) is 22.6 Å². The fourth-order valence-corrected chi connectivity index (χ4v) is 5.87. The Balaban J connectivity index is 1.70. The first-order valence-electron chi connectivity index (χ1n) is 14.6. The number of benzene rings is 2. The smallest absolute Gasteiger partial charge is 0.337 e. The summed E-state index contributed by atoms with van der Waals surface area (Å²) in [5.74, 6) is -1.01.